The molecule has 1 saturated heterocycles. The third-order valence-electron chi connectivity index (χ3n) is 5.69. The zero-order chi connectivity index (χ0) is 21.7. The first kappa shape index (κ1) is 21.8. The van der Waals surface area contributed by atoms with Crippen molar-refractivity contribution in [1.82, 2.24) is 9.21 Å². The number of sulfonamides is 1. The molecule has 1 heterocycles. The van der Waals surface area contributed by atoms with E-state index in [1.807, 2.05) is 30.3 Å². The molecule has 31 heavy (non-hydrogen) atoms. The summed E-state index contributed by atoms with van der Waals surface area (Å²) in [6.07, 6.45) is 0. The highest BCUT2D eigenvalue weighted by molar-refractivity contribution is 7.89. The minimum atomic E-state index is -3.67. The number of nitrogens with zero attached hydrogens (tertiary/aromatic N) is 2. The molecule has 1 fully saturated rings. The number of hydrogen-bond donors (Lipinski definition) is 0. The molecule has 164 valence electrons. The van der Waals surface area contributed by atoms with Crippen LogP contribution in [0.4, 0.5) is 0 Å². The lowest BCUT2D eigenvalue weighted by atomic mass is 10.0. The third kappa shape index (κ3) is 5.07. The highest BCUT2D eigenvalue weighted by Crippen LogP contribution is 2.25. The fourth-order valence-electron chi connectivity index (χ4n) is 3.88. The van der Waals surface area contributed by atoms with Gasteiger partial charge in [0, 0.05) is 32.7 Å². The topological polar surface area (TPSA) is 59.1 Å². The summed E-state index contributed by atoms with van der Waals surface area (Å²) in [5.41, 5.74) is 0.997. The van der Waals surface area contributed by atoms with Crippen LogP contribution in [0, 0.1) is 0 Å². The monoisotopic (exact) mass is 440 g/mol. The van der Waals surface area contributed by atoms with E-state index >= 15 is 0 Å². The zero-order valence-electron chi connectivity index (χ0n) is 17.7. The van der Waals surface area contributed by atoms with Gasteiger partial charge in [-0.2, -0.15) is 4.31 Å². The number of fused-ring (bicyclic) bond motifs is 1. The van der Waals surface area contributed by atoms with Crippen molar-refractivity contribution >= 4 is 20.8 Å². The Bertz CT molecular complexity index is 1100. The molecule has 3 aromatic carbocycles. The van der Waals surface area contributed by atoms with Crippen molar-refractivity contribution in [3.8, 4) is 5.75 Å². The van der Waals surface area contributed by atoms with Gasteiger partial charge in [0.1, 0.15) is 5.75 Å². The van der Waals surface area contributed by atoms with Gasteiger partial charge in [-0.3, -0.25) is 4.90 Å². The van der Waals surface area contributed by atoms with Gasteiger partial charge < -0.3 is 9.47 Å². The Labute approximate surface area is 184 Å². The van der Waals surface area contributed by atoms with Crippen molar-refractivity contribution in [2.45, 2.75) is 11.4 Å². The highest BCUT2D eigenvalue weighted by atomic mass is 32.2. The van der Waals surface area contributed by atoms with Gasteiger partial charge >= 0.3 is 0 Å². The normalized spacial score (nSPS) is 15.4. The highest BCUT2D eigenvalue weighted by Gasteiger charge is 2.26. The van der Waals surface area contributed by atoms with Gasteiger partial charge in [-0.05, 0) is 40.6 Å². The maximum atomic E-state index is 13.6. The Balaban J connectivity index is 1.64. The molecule has 1 aliphatic heterocycles. The molecule has 0 radical (unpaired) electrons. The Kier molecular flexibility index (Phi) is 6.87. The van der Waals surface area contributed by atoms with Crippen LogP contribution in [-0.4, -0.2) is 64.1 Å². The molecular formula is C24H28N2O4S. The minimum absolute atomic E-state index is 0.274. The van der Waals surface area contributed by atoms with Crippen LogP contribution in [-0.2, 0) is 21.3 Å². The second-order valence-electron chi connectivity index (χ2n) is 7.61. The lowest BCUT2D eigenvalue weighted by Crippen LogP contribution is -2.42. The van der Waals surface area contributed by atoms with Crippen LogP contribution in [0.1, 0.15) is 5.56 Å². The van der Waals surface area contributed by atoms with Crippen LogP contribution in [0.3, 0.4) is 0 Å². The first-order valence-electron chi connectivity index (χ1n) is 10.5. The molecule has 0 N–H and O–H groups in total. The molecule has 7 heteroatoms. The predicted molar refractivity (Wildman–Crippen MR) is 122 cm³/mol. The summed E-state index contributed by atoms with van der Waals surface area (Å²) in [5.74, 6) is 0.632. The average Bonchev–Trinajstić information content (AvgIpc) is 2.82. The van der Waals surface area contributed by atoms with E-state index in [1.165, 1.54) is 0 Å². The summed E-state index contributed by atoms with van der Waals surface area (Å²) in [6.45, 7) is 4.43. The first-order valence-corrected chi connectivity index (χ1v) is 11.9. The molecule has 4 rings (SSSR count). The molecule has 0 amide bonds. The van der Waals surface area contributed by atoms with Crippen LogP contribution < -0.4 is 4.74 Å². The number of ether oxygens (including phenoxy) is 2. The van der Waals surface area contributed by atoms with Crippen LogP contribution >= 0.6 is 0 Å². The van der Waals surface area contributed by atoms with Crippen molar-refractivity contribution in [3.05, 3.63) is 72.3 Å². The maximum absolute atomic E-state index is 13.6. The molecule has 0 atom stereocenters. The second-order valence-corrected chi connectivity index (χ2v) is 9.54. The summed E-state index contributed by atoms with van der Waals surface area (Å²) in [5, 5.41) is 2.18. The van der Waals surface area contributed by atoms with Gasteiger partial charge in [0.05, 0.1) is 25.2 Å². The lowest BCUT2D eigenvalue weighted by molar-refractivity contribution is 0.0361. The van der Waals surface area contributed by atoms with Crippen molar-refractivity contribution < 1.29 is 17.9 Å². The van der Waals surface area contributed by atoms with Gasteiger partial charge in [-0.1, -0.05) is 42.5 Å². The van der Waals surface area contributed by atoms with Crippen LogP contribution in [0.5, 0.6) is 5.75 Å². The van der Waals surface area contributed by atoms with Crippen molar-refractivity contribution in [3.63, 3.8) is 0 Å². The molecule has 3 aromatic rings. The number of morpholine rings is 1. The molecule has 6 nitrogen and oxygen atoms in total. The molecule has 0 aromatic heterocycles. The molecular weight excluding hydrogens is 412 g/mol. The van der Waals surface area contributed by atoms with E-state index < -0.39 is 10.0 Å². The quantitative estimate of drug-likeness (QED) is 0.538. The maximum Gasteiger partial charge on any atom is 0.243 e. The second kappa shape index (κ2) is 9.78. The molecule has 0 spiro atoms. The Hall–Kier alpha value is -2.45. The smallest absolute Gasteiger partial charge is 0.243 e. The number of rotatable bonds is 8. The summed E-state index contributed by atoms with van der Waals surface area (Å²) in [7, 11) is -2.11. The van der Waals surface area contributed by atoms with E-state index in [2.05, 4.69) is 17.0 Å². The molecule has 0 saturated carbocycles. The first-order chi connectivity index (χ1) is 15.1. The Morgan fingerprint density at radius 1 is 0.968 bits per heavy atom. The van der Waals surface area contributed by atoms with E-state index in [4.69, 9.17) is 9.47 Å². The SMILES string of the molecule is COc1ccc(S(=O)(=O)N(CCN2CCOCC2)Cc2cccc3ccccc23)cc1. The van der Waals surface area contributed by atoms with Gasteiger partial charge in [0.2, 0.25) is 10.0 Å². The zero-order valence-corrected chi connectivity index (χ0v) is 18.6. The number of methoxy groups -OCH3 is 1. The van der Waals surface area contributed by atoms with Gasteiger partial charge in [-0.15, -0.1) is 0 Å². The van der Waals surface area contributed by atoms with Crippen molar-refractivity contribution in [2.75, 3.05) is 46.5 Å². The fourth-order valence-corrected chi connectivity index (χ4v) is 5.29. The third-order valence-corrected chi connectivity index (χ3v) is 7.55. The summed E-state index contributed by atoms with van der Waals surface area (Å²) < 4.78 is 39.4. The Morgan fingerprint density at radius 3 is 2.42 bits per heavy atom. The fraction of sp³-hybridized carbons (Fsp3) is 0.333. The van der Waals surface area contributed by atoms with Gasteiger partial charge in [-0.25, -0.2) is 8.42 Å². The summed E-state index contributed by atoms with van der Waals surface area (Å²) in [6, 6.07) is 20.7. The molecule has 1 aliphatic rings. The minimum Gasteiger partial charge on any atom is -0.497 e. The van der Waals surface area contributed by atoms with E-state index in [1.54, 1.807) is 35.7 Å². The van der Waals surface area contributed by atoms with Crippen LogP contribution in [0.25, 0.3) is 10.8 Å². The molecule has 0 aliphatic carbocycles. The summed E-state index contributed by atoms with van der Waals surface area (Å²) in [4.78, 5) is 2.53. The van der Waals surface area contributed by atoms with Crippen molar-refractivity contribution in [1.29, 1.82) is 0 Å². The van der Waals surface area contributed by atoms with E-state index in [9.17, 15) is 8.42 Å². The predicted octanol–water partition coefficient (Wildman–Crippen LogP) is 3.37. The standard InChI is InChI=1S/C24H28N2O4S/c1-29-22-9-11-23(12-10-22)31(27,28)26(14-13-25-15-17-30-18-16-25)19-21-7-4-6-20-5-2-3-8-24(20)21/h2-12H,13-19H2,1H3. The molecule has 0 bridgehead atoms. The van der Waals surface area contributed by atoms with E-state index in [0.717, 1.165) is 29.4 Å². The largest absolute Gasteiger partial charge is 0.497 e. The van der Waals surface area contributed by atoms with Crippen LogP contribution in [0.2, 0.25) is 0 Å². The molecule has 0 unspecified atom stereocenters. The van der Waals surface area contributed by atoms with E-state index in [-0.39, 0.29) is 4.90 Å². The number of benzene rings is 3. The van der Waals surface area contributed by atoms with Gasteiger partial charge in [0.15, 0.2) is 0 Å². The van der Waals surface area contributed by atoms with Crippen LogP contribution in [0.15, 0.2) is 71.6 Å². The summed E-state index contributed by atoms with van der Waals surface area (Å²) >= 11 is 0. The van der Waals surface area contributed by atoms with Gasteiger partial charge in [0.25, 0.3) is 0 Å². The average molecular weight is 441 g/mol. The number of hydrogen-bond acceptors (Lipinski definition) is 5. The van der Waals surface area contributed by atoms with E-state index in [0.29, 0.717) is 38.6 Å². The lowest BCUT2D eigenvalue weighted by Gasteiger charge is -2.30. The Morgan fingerprint density at radius 2 is 1.68 bits per heavy atom. The van der Waals surface area contributed by atoms with Crippen molar-refractivity contribution in [2.24, 2.45) is 0 Å².